The number of hydrogen-bond acceptors (Lipinski definition) is 4. The van der Waals surface area contributed by atoms with Crippen LogP contribution in [-0.2, 0) is 4.74 Å². The predicted molar refractivity (Wildman–Crippen MR) is 94.4 cm³/mol. The lowest BCUT2D eigenvalue weighted by molar-refractivity contribution is 0.0600. The number of aromatic amines is 1. The van der Waals surface area contributed by atoms with Crippen LogP contribution >= 0.6 is 11.6 Å². The summed E-state index contributed by atoms with van der Waals surface area (Å²) in [5.74, 6) is -3.32. The number of fused-ring (bicyclic) bond motifs is 1. The highest BCUT2D eigenvalue weighted by atomic mass is 35.5. The number of carbonyl (C=O) groups excluding carboxylic acids is 1. The van der Waals surface area contributed by atoms with E-state index < -0.39 is 23.6 Å². The topological polar surface area (TPSA) is 72.3 Å². The van der Waals surface area contributed by atoms with Crippen molar-refractivity contribution in [1.82, 2.24) is 19.6 Å². The minimum atomic E-state index is -0.978. The Morgan fingerprint density at radius 1 is 1.21 bits per heavy atom. The van der Waals surface area contributed by atoms with Crippen molar-refractivity contribution in [2.24, 2.45) is 0 Å². The van der Waals surface area contributed by atoms with E-state index >= 15 is 0 Å². The summed E-state index contributed by atoms with van der Waals surface area (Å²) in [5, 5.41) is 5.63. The van der Waals surface area contributed by atoms with Crippen LogP contribution in [0.1, 0.15) is 10.4 Å². The van der Waals surface area contributed by atoms with Crippen molar-refractivity contribution in [3.63, 3.8) is 0 Å². The number of hydrogen-bond donors (Lipinski definition) is 1. The molecule has 0 aliphatic heterocycles. The molecule has 28 heavy (non-hydrogen) atoms. The molecule has 0 fully saturated rings. The third-order valence-electron chi connectivity index (χ3n) is 4.16. The quantitative estimate of drug-likeness (QED) is 0.516. The summed E-state index contributed by atoms with van der Waals surface area (Å²) in [7, 11) is 1.23. The molecule has 0 spiro atoms. The van der Waals surface area contributed by atoms with Crippen LogP contribution in [0.3, 0.4) is 0 Å². The smallest absolute Gasteiger partial charge is 0.338 e. The maximum absolute atomic E-state index is 14.7. The van der Waals surface area contributed by atoms with E-state index in [-0.39, 0.29) is 38.7 Å². The van der Waals surface area contributed by atoms with Gasteiger partial charge in [0.05, 0.1) is 24.4 Å². The van der Waals surface area contributed by atoms with Crippen LogP contribution in [0, 0.1) is 17.6 Å². The van der Waals surface area contributed by atoms with Crippen molar-refractivity contribution in [2.45, 2.75) is 0 Å². The molecule has 0 aliphatic carbocycles. The molecule has 0 bridgehead atoms. The maximum Gasteiger partial charge on any atom is 0.338 e. The maximum atomic E-state index is 14.7. The number of esters is 1. The van der Waals surface area contributed by atoms with E-state index in [1.807, 2.05) is 0 Å². The van der Waals surface area contributed by atoms with Gasteiger partial charge < -0.3 is 4.74 Å². The first-order chi connectivity index (χ1) is 13.4. The van der Waals surface area contributed by atoms with E-state index in [9.17, 15) is 18.0 Å². The molecule has 0 radical (unpaired) electrons. The minimum absolute atomic E-state index is 0.00192. The zero-order chi connectivity index (χ0) is 20.0. The summed E-state index contributed by atoms with van der Waals surface area (Å²) in [6, 6.07) is 4.47. The lowest BCUT2D eigenvalue weighted by Gasteiger charge is -2.08. The Morgan fingerprint density at radius 2 is 2.00 bits per heavy atom. The van der Waals surface area contributed by atoms with Crippen molar-refractivity contribution >= 4 is 23.2 Å². The molecule has 10 heteroatoms. The van der Waals surface area contributed by atoms with Gasteiger partial charge in [-0.3, -0.25) is 9.50 Å². The zero-order valence-electron chi connectivity index (χ0n) is 14.1. The number of aromatic nitrogens is 4. The molecule has 0 atom stereocenters. The number of nitrogens with zero attached hydrogens (tertiary/aromatic N) is 3. The number of imidazole rings is 1. The van der Waals surface area contributed by atoms with Crippen LogP contribution in [-0.4, -0.2) is 32.7 Å². The lowest BCUT2D eigenvalue weighted by atomic mass is 9.99. The summed E-state index contributed by atoms with van der Waals surface area (Å²) in [4.78, 5) is 16.0. The molecule has 1 aromatic carbocycles. The Kier molecular flexibility index (Phi) is 4.31. The first-order valence-electron chi connectivity index (χ1n) is 7.85. The third kappa shape index (κ3) is 2.80. The van der Waals surface area contributed by atoms with Gasteiger partial charge in [-0.15, -0.1) is 0 Å². The van der Waals surface area contributed by atoms with Crippen molar-refractivity contribution in [3.05, 3.63) is 65.0 Å². The van der Waals surface area contributed by atoms with Gasteiger partial charge in [-0.1, -0.05) is 11.6 Å². The summed E-state index contributed by atoms with van der Waals surface area (Å²) >= 11 is 6.35. The molecule has 4 aromatic rings. The van der Waals surface area contributed by atoms with Gasteiger partial charge >= 0.3 is 5.97 Å². The molecule has 6 nitrogen and oxygen atoms in total. The highest BCUT2D eigenvalue weighted by Crippen LogP contribution is 2.39. The number of benzene rings is 1. The van der Waals surface area contributed by atoms with Crippen LogP contribution in [0.5, 0.6) is 0 Å². The second-order valence-corrected chi connectivity index (χ2v) is 6.15. The van der Waals surface area contributed by atoms with Crippen molar-refractivity contribution in [3.8, 4) is 22.4 Å². The number of rotatable bonds is 3. The number of ether oxygens (including phenoxy) is 1. The molecule has 0 unspecified atom stereocenters. The summed E-state index contributed by atoms with van der Waals surface area (Å²) in [6.07, 6.45) is 2.56. The molecule has 0 saturated heterocycles. The fraction of sp³-hybridized carbons (Fsp3) is 0.0556. The SMILES string of the molecule is COC(=O)c1ccn2c(Cl)c(-c3c(F)cc(F)cc3-c3cn[nH]c3F)nc2c1. The molecule has 0 aliphatic rings. The van der Waals surface area contributed by atoms with Gasteiger partial charge in [-0.05, 0) is 18.2 Å². The first kappa shape index (κ1) is 18.1. The van der Waals surface area contributed by atoms with E-state index in [2.05, 4.69) is 19.9 Å². The molecule has 0 saturated carbocycles. The van der Waals surface area contributed by atoms with Crippen LogP contribution in [0.2, 0.25) is 5.15 Å². The number of halogens is 4. The highest BCUT2D eigenvalue weighted by molar-refractivity contribution is 6.32. The Bertz CT molecular complexity index is 1240. The summed E-state index contributed by atoms with van der Waals surface area (Å²) in [6.45, 7) is 0. The average molecular weight is 407 g/mol. The second kappa shape index (κ2) is 6.68. The predicted octanol–water partition coefficient (Wildman–Crippen LogP) is 4.25. The molecule has 1 N–H and O–H groups in total. The normalized spacial score (nSPS) is 11.2. The van der Waals surface area contributed by atoms with Crippen LogP contribution in [0.25, 0.3) is 28.0 Å². The van der Waals surface area contributed by atoms with E-state index in [1.165, 1.54) is 29.8 Å². The molecule has 4 rings (SSSR count). The van der Waals surface area contributed by atoms with Crippen molar-refractivity contribution < 1.29 is 22.7 Å². The Morgan fingerprint density at radius 3 is 2.68 bits per heavy atom. The van der Waals surface area contributed by atoms with E-state index in [0.717, 1.165) is 12.3 Å². The number of carbonyl (C=O) groups is 1. The van der Waals surface area contributed by atoms with Gasteiger partial charge in [-0.25, -0.2) is 18.6 Å². The minimum Gasteiger partial charge on any atom is -0.465 e. The van der Waals surface area contributed by atoms with Gasteiger partial charge in [0.25, 0.3) is 0 Å². The molecular formula is C18H10ClF3N4O2. The third-order valence-corrected chi connectivity index (χ3v) is 4.52. The van der Waals surface area contributed by atoms with Crippen LogP contribution in [0.15, 0.2) is 36.7 Å². The van der Waals surface area contributed by atoms with Gasteiger partial charge in [0.15, 0.2) is 0 Å². The lowest BCUT2D eigenvalue weighted by Crippen LogP contribution is -2.01. The van der Waals surface area contributed by atoms with Crippen molar-refractivity contribution in [2.75, 3.05) is 7.11 Å². The van der Waals surface area contributed by atoms with Crippen molar-refractivity contribution in [1.29, 1.82) is 0 Å². The van der Waals surface area contributed by atoms with E-state index in [1.54, 1.807) is 0 Å². The summed E-state index contributed by atoms with van der Waals surface area (Å²) in [5.41, 5.74) is -0.0556. The summed E-state index contributed by atoms with van der Waals surface area (Å²) < 4.78 is 48.6. The number of pyridine rings is 1. The van der Waals surface area contributed by atoms with Gasteiger partial charge in [0.2, 0.25) is 5.95 Å². The number of nitrogens with one attached hydrogen (secondary N) is 1. The zero-order valence-corrected chi connectivity index (χ0v) is 14.9. The monoisotopic (exact) mass is 406 g/mol. The largest absolute Gasteiger partial charge is 0.465 e. The molecule has 142 valence electrons. The molecule has 3 heterocycles. The fourth-order valence-corrected chi connectivity index (χ4v) is 3.18. The molecule has 0 amide bonds. The Hall–Kier alpha value is -3.33. The van der Waals surface area contributed by atoms with E-state index in [0.29, 0.717) is 6.07 Å². The van der Waals surface area contributed by atoms with E-state index in [4.69, 9.17) is 11.6 Å². The number of H-pyrrole nitrogens is 1. The average Bonchev–Trinajstić information content (AvgIpc) is 3.23. The van der Waals surface area contributed by atoms with Gasteiger partial charge in [0.1, 0.15) is 28.1 Å². The van der Waals surface area contributed by atoms with Gasteiger partial charge in [-0.2, -0.15) is 9.49 Å². The Balaban J connectivity index is 1.99. The Labute approximate surface area is 160 Å². The highest BCUT2D eigenvalue weighted by Gasteiger charge is 2.24. The van der Waals surface area contributed by atoms with Crippen LogP contribution < -0.4 is 0 Å². The fourth-order valence-electron chi connectivity index (χ4n) is 2.90. The standard InChI is InChI=1S/C18H10ClF3N4O2/c1-28-18(27)8-2-3-26-13(4-8)24-15(16(26)19)14-10(5-9(20)6-12(14)21)11-7-23-25-17(11)22/h2-7H,1H3,(H,23,25). The first-order valence-corrected chi connectivity index (χ1v) is 8.23. The van der Waals surface area contributed by atoms with Crippen LogP contribution in [0.4, 0.5) is 13.2 Å². The number of methoxy groups -OCH3 is 1. The second-order valence-electron chi connectivity index (χ2n) is 5.79. The molecule has 3 aromatic heterocycles. The molecular weight excluding hydrogens is 397 g/mol. The van der Waals surface area contributed by atoms with Gasteiger partial charge in [0, 0.05) is 23.4 Å².